The monoisotopic (exact) mass is 1090 g/mol. The van der Waals surface area contributed by atoms with Gasteiger partial charge in [-0.2, -0.15) is 0 Å². The summed E-state index contributed by atoms with van der Waals surface area (Å²) < 4.78 is 17.0. The van der Waals surface area contributed by atoms with Crippen LogP contribution in [0.5, 0.6) is 0 Å². The zero-order valence-corrected chi connectivity index (χ0v) is 52.5. The Morgan fingerprint density at radius 3 is 0.744 bits per heavy atom. The topological polar surface area (TPSA) is 78.9 Å². The maximum absolute atomic E-state index is 12.9. The Morgan fingerprint density at radius 2 is 0.462 bits per heavy atom. The van der Waals surface area contributed by atoms with Crippen LogP contribution >= 0.6 is 0 Å². The summed E-state index contributed by atoms with van der Waals surface area (Å²) in [5.74, 6) is -0.861. The molecule has 0 aliphatic rings. The van der Waals surface area contributed by atoms with E-state index in [1.807, 2.05) is 0 Å². The summed E-state index contributed by atoms with van der Waals surface area (Å²) in [6, 6.07) is 0. The molecule has 0 heterocycles. The third-order valence-electron chi connectivity index (χ3n) is 15.6. The molecule has 0 aromatic carbocycles. The Hall–Kier alpha value is -2.63. The van der Waals surface area contributed by atoms with Gasteiger partial charge in [0.25, 0.3) is 0 Å². The summed E-state index contributed by atoms with van der Waals surface area (Å²) in [4.78, 5) is 38.4. The average Bonchev–Trinajstić information content (AvgIpc) is 3.44. The minimum Gasteiger partial charge on any atom is -0.462 e. The quantitative estimate of drug-likeness (QED) is 0.0261. The lowest BCUT2D eigenvalue weighted by Gasteiger charge is -2.18. The standard InChI is InChI=1S/C72H132O6/c1-4-7-10-13-16-19-22-25-27-29-31-33-35-36-37-39-40-42-44-47-50-53-56-59-62-65-71(74)77-68-69(67-76-70(73)64-61-58-55-52-49-46-24-21-18-15-12-9-6-3)78-72(75)66-63-60-57-54-51-48-45-43-41-38-34-32-30-28-26-23-20-17-14-11-8-5-2/h21-22,24-25,29,31,35-36,69H,4-20,23,26-28,30,32-34,37-68H2,1-3H3/b24-21-,25-22-,31-29-,36-35-. The first-order valence-corrected chi connectivity index (χ1v) is 34.6. The second kappa shape index (κ2) is 66.9. The lowest BCUT2D eigenvalue weighted by molar-refractivity contribution is -0.167. The molecule has 0 rings (SSSR count). The maximum Gasteiger partial charge on any atom is 0.306 e. The molecule has 0 spiro atoms. The summed E-state index contributed by atoms with van der Waals surface area (Å²) in [6.45, 7) is 6.67. The largest absolute Gasteiger partial charge is 0.462 e. The predicted octanol–water partition coefficient (Wildman–Crippen LogP) is 23.7. The molecule has 0 fully saturated rings. The van der Waals surface area contributed by atoms with Gasteiger partial charge in [0.05, 0.1) is 0 Å². The lowest BCUT2D eigenvalue weighted by Crippen LogP contribution is -2.30. The number of unbranched alkanes of at least 4 members (excludes halogenated alkanes) is 45. The highest BCUT2D eigenvalue weighted by Gasteiger charge is 2.19. The number of allylic oxidation sites excluding steroid dienone is 8. The van der Waals surface area contributed by atoms with Crippen molar-refractivity contribution in [3.63, 3.8) is 0 Å². The highest BCUT2D eigenvalue weighted by atomic mass is 16.6. The van der Waals surface area contributed by atoms with Crippen LogP contribution < -0.4 is 0 Å². The molecule has 78 heavy (non-hydrogen) atoms. The van der Waals surface area contributed by atoms with E-state index in [2.05, 4.69) is 69.4 Å². The van der Waals surface area contributed by atoms with Gasteiger partial charge in [-0.05, 0) is 83.5 Å². The third-order valence-corrected chi connectivity index (χ3v) is 15.6. The molecule has 6 heteroatoms. The van der Waals surface area contributed by atoms with Crippen molar-refractivity contribution in [3.05, 3.63) is 48.6 Å². The fourth-order valence-electron chi connectivity index (χ4n) is 10.3. The molecule has 0 aliphatic carbocycles. The number of hydrogen-bond acceptors (Lipinski definition) is 6. The van der Waals surface area contributed by atoms with E-state index in [-0.39, 0.29) is 31.1 Å². The number of carbonyl (C=O) groups is 3. The van der Waals surface area contributed by atoms with Crippen molar-refractivity contribution in [1.82, 2.24) is 0 Å². The summed E-state index contributed by atoms with van der Waals surface area (Å²) in [7, 11) is 0. The van der Waals surface area contributed by atoms with E-state index in [1.165, 1.54) is 257 Å². The van der Waals surface area contributed by atoms with Gasteiger partial charge in [0.15, 0.2) is 6.10 Å². The Morgan fingerprint density at radius 1 is 0.256 bits per heavy atom. The molecular formula is C72H132O6. The minimum absolute atomic E-state index is 0.0739. The first-order valence-electron chi connectivity index (χ1n) is 34.6. The average molecular weight is 1090 g/mol. The fraction of sp³-hybridized carbons (Fsp3) is 0.847. The highest BCUT2D eigenvalue weighted by molar-refractivity contribution is 5.71. The number of rotatable bonds is 64. The van der Waals surface area contributed by atoms with Gasteiger partial charge >= 0.3 is 17.9 Å². The Kier molecular flexibility index (Phi) is 64.6. The van der Waals surface area contributed by atoms with Gasteiger partial charge in [-0.25, -0.2) is 0 Å². The highest BCUT2D eigenvalue weighted by Crippen LogP contribution is 2.18. The van der Waals surface area contributed by atoms with Gasteiger partial charge in [-0.15, -0.1) is 0 Å². The van der Waals surface area contributed by atoms with Gasteiger partial charge < -0.3 is 14.2 Å². The van der Waals surface area contributed by atoms with Crippen molar-refractivity contribution in [1.29, 1.82) is 0 Å². The second-order valence-electron chi connectivity index (χ2n) is 23.4. The normalized spacial score (nSPS) is 12.3. The first-order chi connectivity index (χ1) is 38.5. The Balaban J connectivity index is 4.27. The van der Waals surface area contributed by atoms with Crippen molar-refractivity contribution in [2.45, 2.75) is 380 Å². The molecule has 0 radical (unpaired) electrons. The molecule has 456 valence electrons. The van der Waals surface area contributed by atoms with Crippen LogP contribution in [0.25, 0.3) is 0 Å². The molecule has 0 bridgehead atoms. The number of hydrogen-bond donors (Lipinski definition) is 0. The van der Waals surface area contributed by atoms with Crippen LogP contribution in [0.4, 0.5) is 0 Å². The van der Waals surface area contributed by atoms with Crippen LogP contribution in [0, 0.1) is 0 Å². The molecule has 0 amide bonds. The van der Waals surface area contributed by atoms with Crippen LogP contribution in [0.2, 0.25) is 0 Å². The molecule has 0 saturated carbocycles. The van der Waals surface area contributed by atoms with Gasteiger partial charge in [-0.1, -0.05) is 320 Å². The van der Waals surface area contributed by atoms with Gasteiger partial charge in [-0.3, -0.25) is 14.4 Å². The molecule has 1 atom stereocenters. The second-order valence-corrected chi connectivity index (χ2v) is 23.4. The Labute approximate surface area is 486 Å². The van der Waals surface area contributed by atoms with Crippen molar-refractivity contribution in [2.24, 2.45) is 0 Å². The zero-order valence-electron chi connectivity index (χ0n) is 52.5. The third kappa shape index (κ3) is 64.2. The van der Waals surface area contributed by atoms with Crippen molar-refractivity contribution >= 4 is 17.9 Å². The molecule has 0 aromatic rings. The first kappa shape index (κ1) is 75.4. The SMILES string of the molecule is CCCCCC/C=C\CCCCCCCC(=O)OCC(COC(=O)CCCCCCCCCCCC/C=C\C/C=C\C/C=C\CCCCCCC)OC(=O)CCCCCCCCCCCCCCCCCCCCCCCC. The van der Waals surface area contributed by atoms with E-state index in [4.69, 9.17) is 14.2 Å². The van der Waals surface area contributed by atoms with E-state index in [9.17, 15) is 14.4 Å². The van der Waals surface area contributed by atoms with Crippen LogP contribution in [-0.2, 0) is 28.6 Å². The molecule has 0 saturated heterocycles. The molecule has 0 aliphatic heterocycles. The summed E-state index contributed by atoms with van der Waals surface area (Å²) >= 11 is 0. The van der Waals surface area contributed by atoms with Crippen molar-refractivity contribution in [2.75, 3.05) is 13.2 Å². The fourth-order valence-corrected chi connectivity index (χ4v) is 10.3. The zero-order chi connectivity index (χ0) is 56.4. The van der Waals surface area contributed by atoms with Crippen LogP contribution in [-0.4, -0.2) is 37.2 Å². The van der Waals surface area contributed by atoms with E-state index in [0.717, 1.165) is 77.0 Å². The van der Waals surface area contributed by atoms with Crippen LogP contribution in [0.1, 0.15) is 374 Å². The summed E-state index contributed by atoms with van der Waals surface area (Å²) in [5, 5.41) is 0. The van der Waals surface area contributed by atoms with E-state index >= 15 is 0 Å². The molecule has 1 unspecified atom stereocenters. The minimum atomic E-state index is -0.777. The van der Waals surface area contributed by atoms with Crippen molar-refractivity contribution in [3.8, 4) is 0 Å². The van der Waals surface area contributed by atoms with E-state index in [0.29, 0.717) is 19.3 Å². The lowest BCUT2D eigenvalue weighted by atomic mass is 10.0. The molecule has 0 N–H and O–H groups in total. The summed E-state index contributed by atoms with van der Waals surface area (Å²) in [6.07, 6.45) is 84.2. The Bertz CT molecular complexity index is 1350. The molecule has 0 aromatic heterocycles. The van der Waals surface area contributed by atoms with Gasteiger partial charge in [0.1, 0.15) is 13.2 Å². The van der Waals surface area contributed by atoms with Crippen molar-refractivity contribution < 1.29 is 28.6 Å². The number of ether oxygens (including phenoxy) is 3. The van der Waals surface area contributed by atoms with Gasteiger partial charge in [0, 0.05) is 19.3 Å². The smallest absolute Gasteiger partial charge is 0.306 e. The van der Waals surface area contributed by atoms with Crippen LogP contribution in [0.15, 0.2) is 48.6 Å². The van der Waals surface area contributed by atoms with Crippen LogP contribution in [0.3, 0.4) is 0 Å². The molecular weight excluding hydrogens is 961 g/mol. The van der Waals surface area contributed by atoms with E-state index in [1.54, 1.807) is 0 Å². The number of carbonyl (C=O) groups excluding carboxylic acids is 3. The predicted molar refractivity (Wildman–Crippen MR) is 339 cm³/mol. The number of esters is 3. The van der Waals surface area contributed by atoms with Gasteiger partial charge in [0.2, 0.25) is 0 Å². The van der Waals surface area contributed by atoms with E-state index < -0.39 is 6.10 Å². The molecule has 6 nitrogen and oxygen atoms in total. The summed E-state index contributed by atoms with van der Waals surface area (Å²) in [5.41, 5.74) is 0. The maximum atomic E-state index is 12.9.